The number of aliphatic hydroxyl groups is 2. The van der Waals surface area contributed by atoms with Crippen molar-refractivity contribution in [1.29, 1.82) is 0 Å². The zero-order valence-corrected chi connectivity index (χ0v) is 52.7. The van der Waals surface area contributed by atoms with Crippen molar-refractivity contribution < 1.29 is 24.5 Å². The molecule has 0 rings (SSSR count). The average molecular weight is 1100 g/mol. The molecule has 2 unspecified atom stereocenters. The minimum absolute atomic E-state index is 0.00231. The van der Waals surface area contributed by atoms with Gasteiger partial charge in [0, 0.05) is 12.8 Å². The van der Waals surface area contributed by atoms with Crippen molar-refractivity contribution in [2.24, 2.45) is 0 Å². The first-order chi connectivity index (χ1) is 38.5. The number of esters is 1. The second kappa shape index (κ2) is 67.6. The Hall–Kier alpha value is -1.92. The van der Waals surface area contributed by atoms with Gasteiger partial charge in [-0.3, -0.25) is 9.59 Å². The Balaban J connectivity index is 3.41. The van der Waals surface area contributed by atoms with E-state index in [0.29, 0.717) is 25.9 Å². The maximum absolute atomic E-state index is 12.6. The zero-order chi connectivity index (χ0) is 56.4. The average Bonchev–Trinajstić information content (AvgIpc) is 3.44. The van der Waals surface area contributed by atoms with E-state index in [0.717, 1.165) is 51.4 Å². The van der Waals surface area contributed by atoms with Gasteiger partial charge < -0.3 is 20.3 Å². The molecule has 0 spiro atoms. The first-order valence-electron chi connectivity index (χ1n) is 35.2. The number of nitrogens with one attached hydrogen (secondary N) is 1. The first-order valence-corrected chi connectivity index (χ1v) is 35.2. The highest BCUT2D eigenvalue weighted by molar-refractivity contribution is 5.76. The maximum Gasteiger partial charge on any atom is 0.305 e. The fraction of sp³-hybridized carbons (Fsp3) is 0.889. The van der Waals surface area contributed by atoms with Gasteiger partial charge in [0.1, 0.15) is 0 Å². The SMILES string of the molecule is CCC/C=C\C/C=C\CCCCCCCC(=O)OCCCCCCCCCCCCCC/C=C\CCCCCCCCCCC(=O)NC(CO)C(O)CCCCCCCCCCCCCCCCCCCCCCCCCC. The van der Waals surface area contributed by atoms with E-state index in [1.165, 1.54) is 302 Å². The first kappa shape index (κ1) is 76.1. The quantitative estimate of drug-likeness (QED) is 0.0320. The van der Waals surface area contributed by atoms with Crippen LogP contribution in [0.1, 0.15) is 386 Å². The summed E-state index contributed by atoms with van der Waals surface area (Å²) in [7, 11) is 0. The third-order valence-electron chi connectivity index (χ3n) is 16.4. The Morgan fingerprint density at radius 3 is 1.04 bits per heavy atom. The molecule has 0 saturated heterocycles. The van der Waals surface area contributed by atoms with E-state index in [-0.39, 0.29) is 18.5 Å². The third-order valence-corrected chi connectivity index (χ3v) is 16.4. The fourth-order valence-corrected chi connectivity index (χ4v) is 11.0. The summed E-state index contributed by atoms with van der Waals surface area (Å²) in [5, 5.41) is 23.4. The summed E-state index contributed by atoms with van der Waals surface area (Å²) in [6.07, 6.45) is 86.2. The zero-order valence-electron chi connectivity index (χ0n) is 52.7. The molecular weight excluding hydrogens is 959 g/mol. The number of ether oxygens (including phenoxy) is 1. The number of hydrogen-bond donors (Lipinski definition) is 3. The van der Waals surface area contributed by atoms with E-state index in [1.54, 1.807) is 0 Å². The molecule has 0 aliphatic heterocycles. The Morgan fingerprint density at radius 1 is 0.359 bits per heavy atom. The van der Waals surface area contributed by atoms with Crippen LogP contribution in [0.25, 0.3) is 0 Å². The molecule has 3 N–H and O–H groups in total. The van der Waals surface area contributed by atoms with Gasteiger partial charge in [-0.15, -0.1) is 0 Å². The molecule has 0 bridgehead atoms. The van der Waals surface area contributed by atoms with Gasteiger partial charge in [0.15, 0.2) is 0 Å². The topological polar surface area (TPSA) is 95.9 Å². The lowest BCUT2D eigenvalue weighted by Crippen LogP contribution is -2.45. The van der Waals surface area contributed by atoms with Crippen molar-refractivity contribution >= 4 is 11.9 Å². The van der Waals surface area contributed by atoms with E-state index in [4.69, 9.17) is 4.74 Å². The number of hydrogen-bond acceptors (Lipinski definition) is 5. The summed E-state index contributed by atoms with van der Waals surface area (Å²) < 4.78 is 5.47. The van der Waals surface area contributed by atoms with Gasteiger partial charge in [-0.25, -0.2) is 0 Å². The molecule has 0 radical (unpaired) electrons. The summed E-state index contributed by atoms with van der Waals surface area (Å²) in [5.41, 5.74) is 0. The van der Waals surface area contributed by atoms with Crippen molar-refractivity contribution in [2.45, 2.75) is 398 Å². The van der Waals surface area contributed by atoms with Crippen LogP contribution >= 0.6 is 0 Å². The Kier molecular flexibility index (Phi) is 65.9. The van der Waals surface area contributed by atoms with Crippen molar-refractivity contribution in [3.63, 3.8) is 0 Å². The monoisotopic (exact) mass is 1100 g/mol. The van der Waals surface area contributed by atoms with Crippen LogP contribution in [0.5, 0.6) is 0 Å². The summed E-state index contributed by atoms with van der Waals surface area (Å²) in [4.78, 5) is 24.6. The number of rotatable bonds is 66. The van der Waals surface area contributed by atoms with E-state index < -0.39 is 12.1 Å². The summed E-state index contributed by atoms with van der Waals surface area (Å²) >= 11 is 0. The van der Waals surface area contributed by atoms with Crippen molar-refractivity contribution in [3.05, 3.63) is 36.5 Å². The molecule has 6 nitrogen and oxygen atoms in total. The van der Waals surface area contributed by atoms with Gasteiger partial charge in [-0.2, -0.15) is 0 Å². The highest BCUT2D eigenvalue weighted by atomic mass is 16.5. The predicted octanol–water partition coefficient (Wildman–Crippen LogP) is 22.7. The van der Waals surface area contributed by atoms with Crippen LogP contribution in [-0.4, -0.2) is 47.4 Å². The molecule has 0 aliphatic carbocycles. The van der Waals surface area contributed by atoms with Crippen LogP contribution in [0.4, 0.5) is 0 Å². The Bertz CT molecular complexity index is 1260. The van der Waals surface area contributed by atoms with Crippen molar-refractivity contribution in [3.8, 4) is 0 Å². The maximum atomic E-state index is 12.6. The second-order valence-corrected chi connectivity index (χ2v) is 24.2. The summed E-state index contributed by atoms with van der Waals surface area (Å²) in [5.74, 6) is -0.0378. The Morgan fingerprint density at radius 2 is 0.667 bits per heavy atom. The lowest BCUT2D eigenvalue weighted by atomic mass is 10.0. The van der Waals surface area contributed by atoms with Gasteiger partial charge in [0.25, 0.3) is 0 Å². The van der Waals surface area contributed by atoms with Crippen LogP contribution < -0.4 is 5.32 Å². The smallest absolute Gasteiger partial charge is 0.305 e. The molecule has 0 aromatic carbocycles. The van der Waals surface area contributed by atoms with Gasteiger partial charge in [-0.1, -0.05) is 333 Å². The summed E-state index contributed by atoms with van der Waals surface area (Å²) in [6, 6.07) is -0.547. The molecule has 2 atom stereocenters. The normalized spacial score (nSPS) is 12.7. The number of allylic oxidation sites excluding steroid dienone is 6. The number of unbranched alkanes of at least 4 members (excludes halogenated alkanes) is 49. The predicted molar refractivity (Wildman–Crippen MR) is 343 cm³/mol. The van der Waals surface area contributed by atoms with Gasteiger partial charge >= 0.3 is 5.97 Å². The summed E-state index contributed by atoms with van der Waals surface area (Å²) in [6.45, 7) is 4.91. The van der Waals surface area contributed by atoms with Gasteiger partial charge in [0.05, 0.1) is 25.4 Å². The van der Waals surface area contributed by atoms with Crippen LogP contribution in [0.2, 0.25) is 0 Å². The molecule has 0 saturated carbocycles. The standard InChI is InChI=1S/C72H137NO5/c1-3-5-7-9-11-13-15-17-18-19-20-21-22-25-28-31-34-37-41-44-48-52-56-60-64-70(75)69(68-74)73-71(76)65-61-57-53-49-45-42-38-35-32-29-26-23-24-27-30-33-36-39-43-47-51-55-59-63-67-78-72(77)66-62-58-54-50-46-40-16-14-12-10-8-6-4-2/h8,10,14,16,26,29,69-70,74-75H,3-7,9,11-13,15,17-25,27-28,30-68H2,1-2H3,(H,73,76)/b10-8-,16-14-,29-26-. The van der Waals surface area contributed by atoms with Crippen LogP contribution in [-0.2, 0) is 14.3 Å². The van der Waals surface area contributed by atoms with Gasteiger partial charge in [-0.05, 0) is 77.0 Å². The highest BCUT2D eigenvalue weighted by Crippen LogP contribution is 2.19. The van der Waals surface area contributed by atoms with Crippen molar-refractivity contribution in [2.75, 3.05) is 13.2 Å². The van der Waals surface area contributed by atoms with Gasteiger partial charge in [0.2, 0.25) is 5.91 Å². The number of amides is 1. The van der Waals surface area contributed by atoms with Crippen LogP contribution in [0.15, 0.2) is 36.5 Å². The number of carbonyl (C=O) groups is 2. The lowest BCUT2D eigenvalue weighted by Gasteiger charge is -2.22. The molecular formula is C72H137NO5. The second-order valence-electron chi connectivity index (χ2n) is 24.2. The van der Waals surface area contributed by atoms with Crippen molar-refractivity contribution in [1.82, 2.24) is 5.32 Å². The number of carbonyl (C=O) groups excluding carboxylic acids is 2. The third kappa shape index (κ3) is 63.3. The highest BCUT2D eigenvalue weighted by Gasteiger charge is 2.20. The molecule has 0 aromatic heterocycles. The van der Waals surface area contributed by atoms with E-state index >= 15 is 0 Å². The largest absolute Gasteiger partial charge is 0.466 e. The number of aliphatic hydroxyl groups excluding tert-OH is 2. The van der Waals surface area contributed by atoms with E-state index in [2.05, 4.69) is 55.6 Å². The minimum Gasteiger partial charge on any atom is -0.466 e. The van der Waals surface area contributed by atoms with Crippen LogP contribution in [0.3, 0.4) is 0 Å². The minimum atomic E-state index is -0.669. The molecule has 0 fully saturated rings. The lowest BCUT2D eigenvalue weighted by molar-refractivity contribution is -0.143. The molecule has 0 aliphatic rings. The fourth-order valence-electron chi connectivity index (χ4n) is 11.0. The Labute approximate surface area is 487 Å². The molecule has 78 heavy (non-hydrogen) atoms. The molecule has 0 aromatic rings. The molecule has 1 amide bonds. The van der Waals surface area contributed by atoms with E-state index in [1.807, 2.05) is 0 Å². The molecule has 0 heterocycles. The van der Waals surface area contributed by atoms with Crippen LogP contribution in [0, 0.1) is 0 Å². The van der Waals surface area contributed by atoms with E-state index in [9.17, 15) is 19.8 Å². The molecule has 460 valence electrons. The molecule has 6 heteroatoms.